The van der Waals surface area contributed by atoms with Crippen LogP contribution in [0.4, 0.5) is 13.2 Å². The zero-order chi connectivity index (χ0) is 14.4. The van der Waals surface area contributed by atoms with Crippen LogP contribution in [-0.2, 0) is 0 Å². The Bertz CT molecular complexity index is 535. The van der Waals surface area contributed by atoms with Gasteiger partial charge in [-0.25, -0.2) is 0 Å². The zero-order valence-corrected chi connectivity index (χ0v) is 10.2. The SMILES string of the molecule is CC1(C)CC(=O)c2cc(OC(F)(F)F)c(O)cc2O1. The summed E-state index contributed by atoms with van der Waals surface area (Å²) in [6.07, 6.45) is -4.90. The summed E-state index contributed by atoms with van der Waals surface area (Å²) in [6, 6.07) is 1.80. The normalized spacial score (nSPS) is 17.6. The van der Waals surface area contributed by atoms with Crippen LogP contribution >= 0.6 is 0 Å². The summed E-state index contributed by atoms with van der Waals surface area (Å²) in [5, 5.41) is 9.47. The smallest absolute Gasteiger partial charge is 0.504 e. The van der Waals surface area contributed by atoms with Gasteiger partial charge in [0.15, 0.2) is 17.3 Å². The Morgan fingerprint density at radius 3 is 2.58 bits per heavy atom. The minimum absolute atomic E-state index is 0.0311. The van der Waals surface area contributed by atoms with E-state index in [2.05, 4.69) is 4.74 Å². The van der Waals surface area contributed by atoms with E-state index in [-0.39, 0.29) is 23.5 Å². The molecule has 0 aliphatic carbocycles. The van der Waals surface area contributed by atoms with Crippen LogP contribution in [0.2, 0.25) is 0 Å². The van der Waals surface area contributed by atoms with E-state index in [1.54, 1.807) is 13.8 Å². The Morgan fingerprint density at radius 2 is 2.00 bits per heavy atom. The van der Waals surface area contributed by atoms with Crippen molar-refractivity contribution in [3.8, 4) is 17.2 Å². The highest BCUT2D eigenvalue weighted by molar-refractivity contribution is 6.01. The summed E-state index contributed by atoms with van der Waals surface area (Å²) < 4.78 is 45.5. The van der Waals surface area contributed by atoms with Crippen molar-refractivity contribution in [2.24, 2.45) is 0 Å². The highest BCUT2D eigenvalue weighted by Gasteiger charge is 2.36. The number of aromatic hydroxyl groups is 1. The Labute approximate surface area is 106 Å². The van der Waals surface area contributed by atoms with E-state index in [4.69, 9.17) is 4.74 Å². The number of hydrogen-bond donors (Lipinski definition) is 1. The Hall–Kier alpha value is -1.92. The maximum absolute atomic E-state index is 12.1. The van der Waals surface area contributed by atoms with Crippen molar-refractivity contribution in [2.45, 2.75) is 32.2 Å². The van der Waals surface area contributed by atoms with E-state index in [9.17, 15) is 23.1 Å². The fraction of sp³-hybridized carbons (Fsp3) is 0.417. The van der Waals surface area contributed by atoms with E-state index in [1.165, 1.54) is 0 Å². The number of alkyl halides is 3. The van der Waals surface area contributed by atoms with Crippen molar-refractivity contribution in [3.63, 3.8) is 0 Å². The summed E-state index contributed by atoms with van der Waals surface area (Å²) >= 11 is 0. The molecule has 19 heavy (non-hydrogen) atoms. The van der Waals surface area contributed by atoms with Gasteiger partial charge in [-0.2, -0.15) is 0 Å². The molecule has 0 bridgehead atoms. The second kappa shape index (κ2) is 4.04. The number of hydrogen-bond acceptors (Lipinski definition) is 4. The number of carbonyl (C=O) groups excluding carboxylic acids is 1. The molecule has 1 N–H and O–H groups in total. The van der Waals surface area contributed by atoms with Gasteiger partial charge in [-0.1, -0.05) is 0 Å². The fourth-order valence-electron chi connectivity index (χ4n) is 1.87. The van der Waals surface area contributed by atoms with Crippen LogP contribution in [0.3, 0.4) is 0 Å². The lowest BCUT2D eigenvalue weighted by atomic mass is 9.93. The van der Waals surface area contributed by atoms with Gasteiger partial charge in [0.1, 0.15) is 11.4 Å². The monoisotopic (exact) mass is 276 g/mol. The number of phenolic OH excluding ortho intramolecular Hbond substituents is 1. The number of fused-ring (bicyclic) bond motifs is 1. The average Bonchev–Trinajstić information content (AvgIpc) is 2.16. The predicted octanol–water partition coefficient (Wildman–Crippen LogP) is 3.03. The molecule has 0 unspecified atom stereocenters. The summed E-state index contributed by atoms with van der Waals surface area (Å²) in [5.74, 6) is -1.86. The molecular formula is C12H11F3O4. The van der Waals surface area contributed by atoms with Gasteiger partial charge >= 0.3 is 6.36 Å². The minimum Gasteiger partial charge on any atom is -0.504 e. The second-order valence-corrected chi connectivity index (χ2v) is 4.83. The van der Waals surface area contributed by atoms with E-state index in [1.807, 2.05) is 0 Å². The molecule has 0 fully saturated rings. The number of benzene rings is 1. The molecule has 0 saturated heterocycles. The third-order valence-electron chi connectivity index (χ3n) is 2.56. The molecule has 1 aliphatic rings. The molecule has 0 aromatic heterocycles. The van der Waals surface area contributed by atoms with Gasteiger partial charge in [0.2, 0.25) is 0 Å². The number of halogens is 3. The lowest BCUT2D eigenvalue weighted by Crippen LogP contribution is -2.35. The van der Waals surface area contributed by atoms with Crippen LogP contribution in [0.5, 0.6) is 17.2 Å². The highest BCUT2D eigenvalue weighted by atomic mass is 19.4. The standard InChI is InChI=1S/C12H11F3O4/c1-11(2)5-8(17)6-3-10(19-12(13,14)15)7(16)4-9(6)18-11/h3-4,16H,5H2,1-2H3. The summed E-state index contributed by atoms with van der Waals surface area (Å²) in [7, 11) is 0. The number of ketones is 1. The van der Waals surface area contributed by atoms with Crippen molar-refractivity contribution in [1.29, 1.82) is 0 Å². The molecular weight excluding hydrogens is 265 g/mol. The topological polar surface area (TPSA) is 55.8 Å². The van der Waals surface area contributed by atoms with Crippen molar-refractivity contribution in [1.82, 2.24) is 0 Å². The molecule has 4 nitrogen and oxygen atoms in total. The van der Waals surface area contributed by atoms with E-state index in [0.717, 1.165) is 12.1 Å². The van der Waals surface area contributed by atoms with Gasteiger partial charge in [-0.15, -0.1) is 13.2 Å². The number of ether oxygens (including phenoxy) is 2. The number of carbonyl (C=O) groups is 1. The van der Waals surface area contributed by atoms with Gasteiger partial charge in [0, 0.05) is 6.07 Å². The third kappa shape index (κ3) is 2.91. The number of Topliss-reactive ketones (excluding diaryl/α,β-unsaturated/α-hetero) is 1. The van der Waals surface area contributed by atoms with Gasteiger partial charge in [0.05, 0.1) is 12.0 Å². The van der Waals surface area contributed by atoms with Crippen LogP contribution < -0.4 is 9.47 Å². The van der Waals surface area contributed by atoms with Crippen LogP contribution in [0.15, 0.2) is 12.1 Å². The van der Waals surface area contributed by atoms with Crippen molar-refractivity contribution < 1.29 is 32.5 Å². The first kappa shape index (κ1) is 13.5. The van der Waals surface area contributed by atoms with Crippen LogP contribution in [0, 0.1) is 0 Å². The molecule has 1 heterocycles. The van der Waals surface area contributed by atoms with Crippen molar-refractivity contribution in [3.05, 3.63) is 17.7 Å². The number of rotatable bonds is 1. The quantitative estimate of drug-likeness (QED) is 0.856. The molecule has 0 atom stereocenters. The third-order valence-corrected chi connectivity index (χ3v) is 2.56. The van der Waals surface area contributed by atoms with Gasteiger partial charge in [-0.05, 0) is 19.9 Å². The van der Waals surface area contributed by atoms with Crippen molar-refractivity contribution in [2.75, 3.05) is 0 Å². The lowest BCUT2D eigenvalue weighted by molar-refractivity contribution is -0.275. The summed E-state index contributed by atoms with van der Waals surface area (Å²) in [4.78, 5) is 11.8. The lowest BCUT2D eigenvalue weighted by Gasteiger charge is -2.31. The highest BCUT2D eigenvalue weighted by Crippen LogP contribution is 2.41. The van der Waals surface area contributed by atoms with Crippen molar-refractivity contribution >= 4 is 5.78 Å². The van der Waals surface area contributed by atoms with Gasteiger partial charge in [0.25, 0.3) is 0 Å². The maximum atomic E-state index is 12.1. The molecule has 7 heteroatoms. The molecule has 0 saturated carbocycles. The van der Waals surface area contributed by atoms with Crippen LogP contribution in [0.1, 0.15) is 30.6 Å². The molecule has 104 valence electrons. The molecule has 0 radical (unpaired) electrons. The molecule has 1 aliphatic heterocycles. The molecule has 0 amide bonds. The van der Waals surface area contributed by atoms with E-state index < -0.39 is 23.5 Å². The van der Waals surface area contributed by atoms with Gasteiger partial charge in [-0.3, -0.25) is 4.79 Å². The predicted molar refractivity (Wildman–Crippen MR) is 58.4 cm³/mol. The Balaban J connectivity index is 2.44. The van der Waals surface area contributed by atoms with E-state index in [0.29, 0.717) is 0 Å². The molecule has 2 rings (SSSR count). The first-order valence-electron chi connectivity index (χ1n) is 5.42. The largest absolute Gasteiger partial charge is 0.573 e. The van der Waals surface area contributed by atoms with Crippen LogP contribution in [0.25, 0.3) is 0 Å². The molecule has 1 aromatic rings. The fourth-order valence-corrected chi connectivity index (χ4v) is 1.87. The Morgan fingerprint density at radius 1 is 1.37 bits per heavy atom. The second-order valence-electron chi connectivity index (χ2n) is 4.83. The molecule has 1 aromatic carbocycles. The summed E-state index contributed by atoms with van der Waals surface area (Å²) in [6.45, 7) is 3.34. The van der Waals surface area contributed by atoms with Gasteiger partial charge < -0.3 is 14.6 Å². The summed E-state index contributed by atoms with van der Waals surface area (Å²) in [5.41, 5.74) is -0.792. The van der Waals surface area contributed by atoms with E-state index >= 15 is 0 Å². The Kier molecular flexibility index (Phi) is 2.87. The number of phenols is 1. The first-order chi connectivity index (χ1) is 8.57. The first-order valence-corrected chi connectivity index (χ1v) is 5.42. The molecule has 0 spiro atoms. The average molecular weight is 276 g/mol. The zero-order valence-electron chi connectivity index (χ0n) is 10.2. The maximum Gasteiger partial charge on any atom is 0.573 e. The van der Waals surface area contributed by atoms with Crippen LogP contribution in [-0.4, -0.2) is 22.9 Å². The minimum atomic E-state index is -4.94.